The molecule has 1 heterocycles. The number of aromatic nitrogens is 2. The average molecular weight is 294 g/mol. The quantitative estimate of drug-likeness (QED) is 0.781. The van der Waals surface area contributed by atoms with Crippen molar-refractivity contribution in [3.63, 3.8) is 0 Å². The maximum absolute atomic E-state index is 12.1. The Morgan fingerprint density at radius 3 is 2.81 bits per heavy atom. The van der Waals surface area contributed by atoms with Gasteiger partial charge in [-0.15, -0.1) is 0 Å². The molecule has 1 aliphatic carbocycles. The Balaban J connectivity index is 1.63. The number of amides is 2. The van der Waals surface area contributed by atoms with Gasteiger partial charge in [-0.05, 0) is 44.1 Å². The van der Waals surface area contributed by atoms with Gasteiger partial charge >= 0.3 is 6.03 Å². The van der Waals surface area contributed by atoms with Gasteiger partial charge in [0, 0.05) is 45.2 Å². The van der Waals surface area contributed by atoms with Crippen LogP contribution in [0.15, 0.2) is 18.5 Å². The maximum atomic E-state index is 12.1. The number of nitrogens with one attached hydrogen (secondary N) is 1. The van der Waals surface area contributed by atoms with Gasteiger partial charge in [-0.25, -0.2) is 4.79 Å². The highest BCUT2D eigenvalue weighted by atomic mass is 16.3. The number of aryl methyl sites for hydroxylation is 1. The third-order valence-corrected chi connectivity index (χ3v) is 4.34. The van der Waals surface area contributed by atoms with Crippen LogP contribution in [0.25, 0.3) is 0 Å². The molecule has 1 aromatic rings. The summed E-state index contributed by atoms with van der Waals surface area (Å²) >= 11 is 0. The molecule has 1 saturated carbocycles. The van der Waals surface area contributed by atoms with E-state index in [0.717, 1.165) is 38.6 Å². The van der Waals surface area contributed by atoms with Gasteiger partial charge in [-0.1, -0.05) is 0 Å². The van der Waals surface area contributed by atoms with Gasteiger partial charge < -0.3 is 15.3 Å². The minimum absolute atomic E-state index is 0.00270. The first-order chi connectivity index (χ1) is 10.2. The summed E-state index contributed by atoms with van der Waals surface area (Å²) in [7, 11) is 1.87. The van der Waals surface area contributed by atoms with Gasteiger partial charge in [0.25, 0.3) is 0 Å². The molecule has 21 heavy (non-hydrogen) atoms. The molecule has 0 bridgehead atoms. The van der Waals surface area contributed by atoms with Crippen LogP contribution in [0.2, 0.25) is 0 Å². The SMILES string of the molecule is CN(C(=O)NCCCn1cccn1)C1CCC(CO)CC1. The Kier molecular flexibility index (Phi) is 6.04. The van der Waals surface area contributed by atoms with Crippen LogP contribution in [-0.2, 0) is 6.54 Å². The van der Waals surface area contributed by atoms with Crippen LogP contribution in [0.4, 0.5) is 4.79 Å². The lowest BCUT2D eigenvalue weighted by molar-refractivity contribution is 0.134. The van der Waals surface area contributed by atoms with Crippen molar-refractivity contribution in [3.8, 4) is 0 Å². The molecule has 0 radical (unpaired) electrons. The van der Waals surface area contributed by atoms with Crippen molar-refractivity contribution in [3.05, 3.63) is 18.5 Å². The molecule has 1 aromatic heterocycles. The molecule has 2 amide bonds. The lowest BCUT2D eigenvalue weighted by atomic mass is 9.86. The molecule has 0 spiro atoms. The number of hydrogen-bond acceptors (Lipinski definition) is 3. The van der Waals surface area contributed by atoms with Gasteiger partial charge in [0.05, 0.1) is 0 Å². The molecule has 0 aromatic carbocycles. The fraction of sp³-hybridized carbons (Fsp3) is 0.733. The molecule has 2 N–H and O–H groups in total. The van der Waals surface area contributed by atoms with Crippen LogP contribution in [0.5, 0.6) is 0 Å². The second-order valence-electron chi connectivity index (χ2n) is 5.82. The summed E-state index contributed by atoms with van der Waals surface area (Å²) in [5.74, 6) is 0.423. The van der Waals surface area contributed by atoms with Gasteiger partial charge in [0.15, 0.2) is 0 Å². The van der Waals surface area contributed by atoms with E-state index in [0.29, 0.717) is 18.5 Å². The first-order valence-corrected chi connectivity index (χ1v) is 7.79. The van der Waals surface area contributed by atoms with Crippen LogP contribution in [0.1, 0.15) is 32.1 Å². The molecular weight excluding hydrogens is 268 g/mol. The van der Waals surface area contributed by atoms with Crippen LogP contribution >= 0.6 is 0 Å². The van der Waals surface area contributed by atoms with Crippen LogP contribution < -0.4 is 5.32 Å². The Labute approximate surface area is 126 Å². The van der Waals surface area contributed by atoms with Crippen molar-refractivity contribution in [2.45, 2.75) is 44.7 Å². The van der Waals surface area contributed by atoms with E-state index in [1.54, 1.807) is 6.20 Å². The zero-order chi connectivity index (χ0) is 15.1. The Morgan fingerprint density at radius 1 is 1.43 bits per heavy atom. The minimum atomic E-state index is 0.00270. The number of hydrogen-bond donors (Lipinski definition) is 2. The number of nitrogens with zero attached hydrogens (tertiary/aromatic N) is 3. The molecule has 1 aliphatic rings. The molecule has 1 fully saturated rings. The van der Waals surface area contributed by atoms with E-state index in [1.165, 1.54) is 0 Å². The number of urea groups is 1. The zero-order valence-corrected chi connectivity index (χ0v) is 12.7. The third kappa shape index (κ3) is 4.74. The first-order valence-electron chi connectivity index (χ1n) is 7.79. The topological polar surface area (TPSA) is 70.4 Å². The highest BCUT2D eigenvalue weighted by Gasteiger charge is 2.25. The maximum Gasteiger partial charge on any atom is 0.317 e. The standard InChI is InChI=1S/C15H26N4O2/c1-18(14-6-4-13(12-20)5-7-14)15(21)16-8-2-10-19-11-3-9-17-19/h3,9,11,13-14,20H,2,4-8,10,12H2,1H3,(H,16,21). The van der Waals surface area contributed by atoms with E-state index < -0.39 is 0 Å². The molecule has 6 heteroatoms. The molecule has 2 rings (SSSR count). The normalized spacial score (nSPS) is 22.0. The van der Waals surface area contributed by atoms with E-state index in [1.807, 2.05) is 28.9 Å². The van der Waals surface area contributed by atoms with E-state index in [4.69, 9.17) is 5.11 Å². The number of aliphatic hydroxyl groups excluding tert-OH is 1. The Bertz CT molecular complexity index is 413. The number of aliphatic hydroxyl groups is 1. The molecular formula is C15H26N4O2. The van der Waals surface area contributed by atoms with Crippen molar-refractivity contribution in [1.29, 1.82) is 0 Å². The van der Waals surface area contributed by atoms with E-state index in [-0.39, 0.29) is 12.6 Å². The van der Waals surface area contributed by atoms with E-state index in [9.17, 15) is 4.79 Å². The van der Waals surface area contributed by atoms with Crippen LogP contribution in [-0.4, -0.2) is 52.1 Å². The second kappa shape index (κ2) is 8.02. The van der Waals surface area contributed by atoms with Gasteiger partial charge in [-0.2, -0.15) is 5.10 Å². The fourth-order valence-electron chi connectivity index (χ4n) is 2.87. The molecule has 0 atom stereocenters. The largest absolute Gasteiger partial charge is 0.396 e. The molecule has 0 aliphatic heterocycles. The van der Waals surface area contributed by atoms with Crippen molar-refractivity contribution in [2.75, 3.05) is 20.2 Å². The first kappa shape index (κ1) is 15.8. The predicted octanol–water partition coefficient (Wildman–Crippen LogP) is 1.47. The number of carbonyl (C=O) groups excluding carboxylic acids is 1. The summed E-state index contributed by atoms with van der Waals surface area (Å²) in [6, 6.07) is 2.21. The summed E-state index contributed by atoms with van der Waals surface area (Å²) in [4.78, 5) is 13.9. The minimum Gasteiger partial charge on any atom is -0.396 e. The summed E-state index contributed by atoms with van der Waals surface area (Å²) in [5, 5.41) is 16.2. The second-order valence-corrected chi connectivity index (χ2v) is 5.82. The van der Waals surface area contributed by atoms with Crippen molar-refractivity contribution >= 4 is 6.03 Å². The average Bonchev–Trinajstić information content (AvgIpc) is 3.04. The van der Waals surface area contributed by atoms with Gasteiger partial charge in [-0.3, -0.25) is 4.68 Å². The van der Waals surface area contributed by atoms with Gasteiger partial charge in [0.2, 0.25) is 0 Å². The smallest absolute Gasteiger partial charge is 0.317 e. The van der Waals surface area contributed by atoms with Crippen molar-refractivity contribution in [2.24, 2.45) is 5.92 Å². The highest BCUT2D eigenvalue weighted by Crippen LogP contribution is 2.26. The third-order valence-electron chi connectivity index (χ3n) is 4.34. The van der Waals surface area contributed by atoms with Crippen LogP contribution in [0, 0.1) is 5.92 Å². The van der Waals surface area contributed by atoms with Gasteiger partial charge in [0.1, 0.15) is 0 Å². The Morgan fingerprint density at radius 2 is 2.19 bits per heavy atom. The molecule has 118 valence electrons. The lowest BCUT2D eigenvalue weighted by Gasteiger charge is -2.34. The van der Waals surface area contributed by atoms with E-state index in [2.05, 4.69) is 10.4 Å². The van der Waals surface area contributed by atoms with E-state index >= 15 is 0 Å². The zero-order valence-electron chi connectivity index (χ0n) is 12.7. The summed E-state index contributed by atoms with van der Waals surface area (Å²) < 4.78 is 1.87. The predicted molar refractivity (Wildman–Crippen MR) is 80.8 cm³/mol. The summed E-state index contributed by atoms with van der Waals surface area (Å²) in [6.07, 6.45) is 8.56. The lowest BCUT2D eigenvalue weighted by Crippen LogP contribution is -2.45. The fourth-order valence-corrected chi connectivity index (χ4v) is 2.87. The molecule has 6 nitrogen and oxygen atoms in total. The number of carbonyl (C=O) groups is 1. The van der Waals surface area contributed by atoms with Crippen molar-refractivity contribution < 1.29 is 9.90 Å². The summed E-state index contributed by atoms with van der Waals surface area (Å²) in [5.41, 5.74) is 0. The number of rotatable bonds is 6. The monoisotopic (exact) mass is 294 g/mol. The summed E-state index contributed by atoms with van der Waals surface area (Å²) in [6.45, 7) is 1.75. The Hall–Kier alpha value is -1.56. The van der Waals surface area contributed by atoms with Crippen molar-refractivity contribution in [1.82, 2.24) is 20.0 Å². The highest BCUT2D eigenvalue weighted by molar-refractivity contribution is 5.74. The molecule has 0 unspecified atom stereocenters. The van der Waals surface area contributed by atoms with Crippen LogP contribution in [0.3, 0.4) is 0 Å². The molecule has 0 saturated heterocycles.